The molecular formula is C23H18N4OS. The normalized spacial score (nSPS) is 13.4. The van der Waals surface area contributed by atoms with Crippen molar-refractivity contribution in [2.24, 2.45) is 0 Å². The first-order valence-corrected chi connectivity index (χ1v) is 10.1. The molecule has 2 aromatic heterocycles. The lowest BCUT2D eigenvalue weighted by atomic mass is 10.1. The van der Waals surface area contributed by atoms with Crippen molar-refractivity contribution in [1.82, 2.24) is 18.8 Å². The molecule has 0 fully saturated rings. The minimum Gasteiger partial charge on any atom is -0.306 e. The van der Waals surface area contributed by atoms with Crippen LogP contribution in [0.2, 0.25) is 0 Å². The third-order valence-corrected chi connectivity index (χ3v) is 5.92. The minimum atomic E-state index is -0.0328. The standard InChI is InChI=1S/C23H18N4OS/c28-23(17-4-2-1-3-5-17)22-12-18-14-27(15-19(18)13-25-22)29-21-8-6-20(7-9-21)26-11-10-24-16-26/h1-13,16H,14-15H2. The van der Waals surface area contributed by atoms with E-state index >= 15 is 0 Å². The van der Waals surface area contributed by atoms with Crippen molar-refractivity contribution in [1.29, 1.82) is 0 Å². The number of rotatable bonds is 5. The molecule has 2 aromatic carbocycles. The summed E-state index contributed by atoms with van der Waals surface area (Å²) >= 11 is 1.72. The van der Waals surface area contributed by atoms with Crippen molar-refractivity contribution in [2.45, 2.75) is 18.0 Å². The molecule has 0 aliphatic carbocycles. The Balaban J connectivity index is 1.28. The van der Waals surface area contributed by atoms with Crippen LogP contribution in [0.15, 0.2) is 90.5 Å². The molecule has 0 N–H and O–H groups in total. The summed E-state index contributed by atoms with van der Waals surface area (Å²) in [5.41, 5.74) is 4.61. The summed E-state index contributed by atoms with van der Waals surface area (Å²) in [6, 6.07) is 19.7. The largest absolute Gasteiger partial charge is 0.306 e. The van der Waals surface area contributed by atoms with Gasteiger partial charge in [0, 0.05) is 47.8 Å². The molecule has 0 unspecified atom stereocenters. The number of hydrogen-bond donors (Lipinski definition) is 0. The summed E-state index contributed by atoms with van der Waals surface area (Å²) in [6.45, 7) is 1.61. The fraction of sp³-hybridized carbons (Fsp3) is 0.0870. The average molecular weight is 398 g/mol. The van der Waals surface area contributed by atoms with E-state index in [0.29, 0.717) is 11.3 Å². The summed E-state index contributed by atoms with van der Waals surface area (Å²) in [5.74, 6) is -0.0328. The molecule has 0 bridgehead atoms. The van der Waals surface area contributed by atoms with Gasteiger partial charge >= 0.3 is 0 Å². The first kappa shape index (κ1) is 17.8. The predicted molar refractivity (Wildman–Crippen MR) is 113 cm³/mol. The van der Waals surface area contributed by atoms with E-state index in [2.05, 4.69) is 38.5 Å². The fourth-order valence-electron chi connectivity index (χ4n) is 3.42. The van der Waals surface area contributed by atoms with Gasteiger partial charge in [-0.2, -0.15) is 0 Å². The third kappa shape index (κ3) is 3.72. The number of carbonyl (C=O) groups excluding carboxylic acids is 1. The second-order valence-electron chi connectivity index (χ2n) is 6.89. The lowest BCUT2D eigenvalue weighted by molar-refractivity contribution is 0.103. The molecule has 0 atom stereocenters. The van der Waals surface area contributed by atoms with Gasteiger partial charge in [0.15, 0.2) is 0 Å². The van der Waals surface area contributed by atoms with E-state index in [9.17, 15) is 4.79 Å². The van der Waals surface area contributed by atoms with Crippen LogP contribution >= 0.6 is 11.9 Å². The lowest BCUT2D eigenvalue weighted by Crippen LogP contribution is -2.05. The summed E-state index contributed by atoms with van der Waals surface area (Å²) in [5, 5.41) is 0. The highest BCUT2D eigenvalue weighted by molar-refractivity contribution is 7.97. The van der Waals surface area contributed by atoms with Gasteiger partial charge in [-0.3, -0.25) is 9.78 Å². The highest BCUT2D eigenvalue weighted by Crippen LogP contribution is 2.33. The van der Waals surface area contributed by atoms with Gasteiger partial charge in [-0.25, -0.2) is 9.29 Å². The molecule has 5 rings (SSSR count). The van der Waals surface area contributed by atoms with Gasteiger partial charge in [-0.1, -0.05) is 30.3 Å². The predicted octanol–water partition coefficient (Wildman–Crippen LogP) is 4.52. The van der Waals surface area contributed by atoms with Gasteiger partial charge in [-0.15, -0.1) is 0 Å². The molecular weight excluding hydrogens is 380 g/mol. The Morgan fingerprint density at radius 2 is 1.76 bits per heavy atom. The number of fused-ring (bicyclic) bond motifs is 1. The second kappa shape index (κ2) is 7.66. The Kier molecular flexibility index (Phi) is 4.71. The van der Waals surface area contributed by atoms with E-state index in [1.54, 1.807) is 24.5 Å². The lowest BCUT2D eigenvalue weighted by Gasteiger charge is -2.13. The van der Waals surface area contributed by atoms with Gasteiger partial charge in [0.05, 0.1) is 6.33 Å². The Labute approximate surface area is 173 Å². The number of pyridine rings is 1. The molecule has 142 valence electrons. The molecule has 4 aromatic rings. The van der Waals surface area contributed by atoms with E-state index in [0.717, 1.165) is 18.8 Å². The van der Waals surface area contributed by atoms with Crippen LogP contribution in [-0.4, -0.2) is 24.6 Å². The van der Waals surface area contributed by atoms with Crippen LogP contribution in [0.4, 0.5) is 0 Å². The Morgan fingerprint density at radius 1 is 0.966 bits per heavy atom. The first-order valence-electron chi connectivity index (χ1n) is 9.35. The van der Waals surface area contributed by atoms with E-state index in [4.69, 9.17) is 0 Å². The van der Waals surface area contributed by atoms with Crippen molar-refractivity contribution >= 4 is 17.7 Å². The number of hydrogen-bond acceptors (Lipinski definition) is 5. The van der Waals surface area contributed by atoms with Gasteiger partial charge in [0.2, 0.25) is 5.78 Å². The molecule has 29 heavy (non-hydrogen) atoms. The van der Waals surface area contributed by atoms with E-state index in [1.807, 2.05) is 53.4 Å². The summed E-state index contributed by atoms with van der Waals surface area (Å²) in [6.07, 6.45) is 7.34. The number of ketones is 1. The van der Waals surface area contributed by atoms with Crippen LogP contribution in [0, 0.1) is 0 Å². The number of nitrogens with zero attached hydrogens (tertiary/aromatic N) is 4. The monoisotopic (exact) mass is 398 g/mol. The van der Waals surface area contributed by atoms with E-state index in [1.165, 1.54) is 16.0 Å². The molecule has 1 aliphatic rings. The van der Waals surface area contributed by atoms with Crippen molar-refractivity contribution < 1.29 is 4.79 Å². The maximum absolute atomic E-state index is 12.7. The van der Waals surface area contributed by atoms with Crippen molar-refractivity contribution in [2.75, 3.05) is 0 Å². The smallest absolute Gasteiger partial charge is 0.211 e. The summed E-state index contributed by atoms with van der Waals surface area (Å²) in [4.78, 5) is 22.3. The molecule has 0 saturated carbocycles. The van der Waals surface area contributed by atoms with Crippen LogP contribution in [0.5, 0.6) is 0 Å². The Morgan fingerprint density at radius 3 is 2.52 bits per heavy atom. The molecule has 3 heterocycles. The van der Waals surface area contributed by atoms with Gasteiger partial charge in [-0.05, 0) is 53.4 Å². The quantitative estimate of drug-likeness (QED) is 0.365. The number of carbonyl (C=O) groups is 1. The van der Waals surface area contributed by atoms with Crippen LogP contribution in [-0.2, 0) is 13.1 Å². The maximum Gasteiger partial charge on any atom is 0.211 e. The van der Waals surface area contributed by atoms with Gasteiger partial charge in [0.25, 0.3) is 0 Å². The van der Waals surface area contributed by atoms with Crippen molar-refractivity contribution in [3.63, 3.8) is 0 Å². The zero-order chi connectivity index (χ0) is 19.6. The second-order valence-corrected chi connectivity index (χ2v) is 8.06. The number of aromatic nitrogens is 3. The SMILES string of the molecule is O=C(c1ccccc1)c1cc2c(cn1)CN(Sc1ccc(-n3ccnc3)cc1)C2. The first-order chi connectivity index (χ1) is 14.3. The highest BCUT2D eigenvalue weighted by Gasteiger charge is 2.22. The molecule has 0 spiro atoms. The van der Waals surface area contributed by atoms with E-state index < -0.39 is 0 Å². The molecule has 6 heteroatoms. The number of imidazole rings is 1. The molecule has 5 nitrogen and oxygen atoms in total. The maximum atomic E-state index is 12.7. The van der Waals surface area contributed by atoms with Gasteiger partial charge in [0.1, 0.15) is 5.69 Å². The zero-order valence-electron chi connectivity index (χ0n) is 15.6. The van der Waals surface area contributed by atoms with Crippen LogP contribution in [0.3, 0.4) is 0 Å². The zero-order valence-corrected chi connectivity index (χ0v) is 16.4. The molecule has 0 radical (unpaired) electrons. The third-order valence-electron chi connectivity index (χ3n) is 4.92. The van der Waals surface area contributed by atoms with Crippen molar-refractivity contribution in [3.8, 4) is 5.69 Å². The fourth-order valence-corrected chi connectivity index (χ4v) is 4.38. The molecule has 0 saturated heterocycles. The van der Waals surface area contributed by atoms with E-state index in [-0.39, 0.29) is 5.78 Å². The Hall–Kier alpha value is -3.22. The van der Waals surface area contributed by atoms with Crippen LogP contribution in [0.1, 0.15) is 27.2 Å². The molecule has 1 aliphatic heterocycles. The van der Waals surface area contributed by atoms with Crippen LogP contribution < -0.4 is 0 Å². The summed E-state index contributed by atoms with van der Waals surface area (Å²) in [7, 11) is 0. The topological polar surface area (TPSA) is 51.0 Å². The molecule has 0 amide bonds. The Bertz CT molecular complexity index is 1140. The minimum absolute atomic E-state index is 0.0328. The highest BCUT2D eigenvalue weighted by atomic mass is 32.2. The van der Waals surface area contributed by atoms with Crippen LogP contribution in [0.25, 0.3) is 5.69 Å². The number of benzene rings is 2. The summed E-state index contributed by atoms with van der Waals surface area (Å²) < 4.78 is 4.27. The van der Waals surface area contributed by atoms with Gasteiger partial charge < -0.3 is 4.57 Å². The van der Waals surface area contributed by atoms with Crippen molar-refractivity contribution in [3.05, 3.63) is 108 Å². The average Bonchev–Trinajstić information content (AvgIpc) is 3.43.